The van der Waals surface area contributed by atoms with Crippen LogP contribution < -0.4 is 0 Å². The summed E-state index contributed by atoms with van der Waals surface area (Å²) in [7, 11) is 0. The summed E-state index contributed by atoms with van der Waals surface area (Å²) in [6.45, 7) is 0. The number of thiophene rings is 1. The molecule has 0 saturated heterocycles. The summed E-state index contributed by atoms with van der Waals surface area (Å²) in [4.78, 5) is 42.7. The van der Waals surface area contributed by atoms with Crippen molar-refractivity contribution in [2.45, 2.75) is 0 Å². The van der Waals surface area contributed by atoms with Crippen molar-refractivity contribution in [1.29, 1.82) is 0 Å². The second kappa shape index (κ2) is 34.8. The Morgan fingerprint density at radius 1 is 0.183 bits per heavy atom. The molecule has 0 unspecified atom stereocenters. The lowest BCUT2D eigenvalue weighted by atomic mass is 9.96. The highest BCUT2D eigenvalue weighted by Crippen LogP contribution is 2.44. The van der Waals surface area contributed by atoms with Gasteiger partial charge in [0, 0.05) is 124 Å². The van der Waals surface area contributed by atoms with Crippen LogP contribution in [0.5, 0.6) is 0 Å². The van der Waals surface area contributed by atoms with Gasteiger partial charge >= 0.3 is 0 Å². The molecule has 23 rings (SSSR count). The Balaban J connectivity index is 0.000000115. The predicted octanol–water partition coefficient (Wildman–Crippen LogP) is 30.0. The normalized spacial score (nSPS) is 11.2. The van der Waals surface area contributed by atoms with E-state index in [9.17, 15) is 0 Å². The zero-order chi connectivity index (χ0) is 83.9. The van der Waals surface area contributed by atoms with Crippen molar-refractivity contribution in [3.8, 4) is 168 Å². The average Bonchev–Trinajstić information content (AvgIpc) is 1.62. The molecule has 0 saturated carbocycles. The summed E-state index contributed by atoms with van der Waals surface area (Å²) in [5.41, 5.74) is 30.0. The number of furan rings is 1. The van der Waals surface area contributed by atoms with E-state index in [0.29, 0.717) is 17.5 Å². The van der Waals surface area contributed by atoms with Crippen molar-refractivity contribution in [1.82, 2.24) is 44.9 Å². The minimum absolute atomic E-state index is 0.659. The fourth-order valence-electron chi connectivity index (χ4n) is 16.5. The summed E-state index contributed by atoms with van der Waals surface area (Å²) in [6.07, 6.45) is 10.7. The number of nitrogens with zero attached hydrogens (tertiary/aromatic N) is 9. The Labute approximate surface area is 732 Å². The van der Waals surface area contributed by atoms with Gasteiger partial charge in [-0.25, -0.2) is 29.9 Å². The molecule has 592 valence electrons. The molecular weight excluding hydrogens is 1560 g/mol. The molecule has 11 heteroatoms. The molecule has 0 aliphatic rings. The van der Waals surface area contributed by atoms with Gasteiger partial charge in [-0.15, -0.1) is 11.3 Å². The van der Waals surface area contributed by atoms with E-state index in [4.69, 9.17) is 34.3 Å². The molecule has 0 aliphatic carbocycles. The Bertz CT molecular complexity index is 7530. The van der Waals surface area contributed by atoms with Crippen LogP contribution in [-0.4, -0.2) is 44.9 Å². The van der Waals surface area contributed by atoms with E-state index in [1.165, 1.54) is 81.0 Å². The molecule has 0 fully saturated rings. The highest BCUT2D eigenvalue weighted by Gasteiger charge is 2.20. The fraction of sp³-hybridized carbons (Fsp3) is 0. The van der Waals surface area contributed by atoms with E-state index >= 15 is 0 Å². The highest BCUT2D eigenvalue weighted by atomic mass is 32.1. The molecule has 0 radical (unpaired) electrons. The van der Waals surface area contributed by atoms with Gasteiger partial charge in [0.1, 0.15) is 11.2 Å². The topological polar surface area (TPSA) is 129 Å². The SMILES string of the molecule is c1ccc(-c2ccc(-c3cc(-c4cccc(-c5cccc6c5oc5ccccc56)c4)nc(-c4ccncc4)n3)cc2)cc1.c1ccc(-c2ccc(-c3cc(-c4cccc(-c5cccc6c5sc5ccccc56)c4)nc(-c4ccncc4)n3)cc2)cc1.c1ccc(-c2ccc(-c3cc(-c4cccc(-c5cccc6ccccc56)c4)nc(-c4ccncc4)n3)cc2)cc1. The Morgan fingerprint density at radius 3 is 0.944 bits per heavy atom. The number of pyridine rings is 3. The first-order valence-corrected chi connectivity index (χ1v) is 42.7. The monoisotopic (exact) mass is 1630 g/mol. The first-order chi connectivity index (χ1) is 62.4. The lowest BCUT2D eigenvalue weighted by molar-refractivity contribution is 0.670. The molecule has 8 aromatic heterocycles. The van der Waals surface area contributed by atoms with Crippen molar-refractivity contribution in [3.63, 3.8) is 0 Å². The minimum Gasteiger partial charge on any atom is -0.455 e. The second-order valence-electron chi connectivity index (χ2n) is 30.8. The lowest BCUT2D eigenvalue weighted by Gasteiger charge is -2.12. The van der Waals surface area contributed by atoms with Crippen molar-refractivity contribution in [2.75, 3.05) is 0 Å². The summed E-state index contributed by atoms with van der Waals surface area (Å²) < 4.78 is 8.96. The largest absolute Gasteiger partial charge is 0.455 e. The quantitative estimate of drug-likeness (QED) is 0.0978. The molecule has 10 nitrogen and oxygen atoms in total. The van der Waals surface area contributed by atoms with Gasteiger partial charge < -0.3 is 4.42 Å². The van der Waals surface area contributed by atoms with Crippen LogP contribution in [-0.2, 0) is 0 Å². The Hall–Kier alpha value is -16.7. The summed E-state index contributed by atoms with van der Waals surface area (Å²) >= 11 is 1.85. The third-order valence-electron chi connectivity index (χ3n) is 22.9. The van der Waals surface area contributed by atoms with Crippen molar-refractivity contribution >= 4 is 64.2 Å². The maximum absolute atomic E-state index is 6.35. The van der Waals surface area contributed by atoms with Crippen molar-refractivity contribution < 1.29 is 4.42 Å². The molecule has 0 spiro atoms. The van der Waals surface area contributed by atoms with Crippen LogP contribution in [0.3, 0.4) is 0 Å². The van der Waals surface area contributed by atoms with E-state index in [0.717, 1.165) is 123 Å². The van der Waals surface area contributed by atoms with Crippen molar-refractivity contribution in [2.24, 2.45) is 0 Å². The number of benzene rings is 15. The maximum Gasteiger partial charge on any atom is 0.160 e. The van der Waals surface area contributed by atoms with Gasteiger partial charge in [-0.1, -0.05) is 334 Å². The van der Waals surface area contributed by atoms with Crippen molar-refractivity contribution in [3.05, 3.63) is 456 Å². The molecule has 0 atom stereocenters. The van der Waals surface area contributed by atoms with E-state index in [1.54, 1.807) is 37.2 Å². The molecule has 23 aromatic rings. The standard InChI is InChI=1S/C39H25N3O.C39H25N3S.C37H25N3/c2*1-2-8-26(9-3-1)27-16-18-28(19-17-27)35-25-36(42-39(41-35)29-20-22-40-23-21-29)31-11-6-10-30(24-31)32-13-7-14-34-33-12-4-5-15-37(33)43-38(32)34;1-2-8-26(9-3-1)27-16-18-29(19-17-27)35-25-36(40-37(39-35)30-20-22-38-23-21-30)32-13-6-12-31(24-32)34-15-7-11-28-10-4-5-14-33(28)34/h2*1-25H;1-25H. The molecule has 8 heterocycles. The third-order valence-corrected chi connectivity index (χ3v) is 24.1. The number of aromatic nitrogens is 9. The van der Waals surface area contributed by atoms with Crippen LogP contribution >= 0.6 is 11.3 Å². The van der Waals surface area contributed by atoms with Crippen LogP contribution in [0.25, 0.3) is 221 Å². The average molecular weight is 1630 g/mol. The smallest absolute Gasteiger partial charge is 0.160 e. The van der Waals surface area contributed by atoms with Gasteiger partial charge in [0.05, 0.1) is 34.2 Å². The maximum atomic E-state index is 6.35. The number of fused-ring (bicyclic) bond motifs is 7. The third kappa shape index (κ3) is 16.1. The van der Waals surface area contributed by atoms with Gasteiger partial charge in [0.15, 0.2) is 17.5 Å². The van der Waals surface area contributed by atoms with Gasteiger partial charge in [0.25, 0.3) is 0 Å². The second-order valence-corrected chi connectivity index (χ2v) is 31.8. The van der Waals surface area contributed by atoms with Crippen LogP contribution in [0.4, 0.5) is 0 Å². The molecule has 126 heavy (non-hydrogen) atoms. The molecule has 0 aliphatic heterocycles. The zero-order valence-electron chi connectivity index (χ0n) is 68.1. The first-order valence-electron chi connectivity index (χ1n) is 41.9. The summed E-state index contributed by atoms with van der Waals surface area (Å²) in [5, 5.41) is 7.31. The molecule has 0 N–H and O–H groups in total. The summed E-state index contributed by atoms with van der Waals surface area (Å²) in [5.74, 6) is 2.02. The van der Waals surface area contributed by atoms with Gasteiger partial charge in [-0.2, -0.15) is 0 Å². The number of hydrogen-bond donors (Lipinski definition) is 0. The number of para-hydroxylation sites is 2. The molecular formula is C115H75N9OS. The Kier molecular flexibility index (Phi) is 21.2. The van der Waals surface area contributed by atoms with Crippen LogP contribution in [0, 0.1) is 0 Å². The highest BCUT2D eigenvalue weighted by molar-refractivity contribution is 7.26. The number of hydrogen-bond acceptors (Lipinski definition) is 11. The predicted molar refractivity (Wildman–Crippen MR) is 519 cm³/mol. The van der Waals surface area contributed by atoms with E-state index in [1.807, 2.05) is 84.1 Å². The fourth-order valence-corrected chi connectivity index (χ4v) is 17.7. The van der Waals surface area contributed by atoms with E-state index in [-0.39, 0.29) is 0 Å². The number of rotatable bonds is 15. The molecule has 0 amide bonds. The van der Waals surface area contributed by atoms with E-state index in [2.05, 4.69) is 361 Å². The molecule has 15 aromatic carbocycles. The van der Waals surface area contributed by atoms with Crippen LogP contribution in [0.15, 0.2) is 460 Å². The van der Waals surface area contributed by atoms with Crippen LogP contribution in [0.2, 0.25) is 0 Å². The summed E-state index contributed by atoms with van der Waals surface area (Å²) in [6, 6.07) is 145. The first kappa shape index (κ1) is 76.7. The molecule has 0 bridgehead atoms. The lowest BCUT2D eigenvalue weighted by Crippen LogP contribution is -1.96. The van der Waals surface area contributed by atoms with Gasteiger partial charge in [-0.3, -0.25) is 15.0 Å². The van der Waals surface area contributed by atoms with E-state index < -0.39 is 0 Å². The minimum atomic E-state index is 0.659. The Morgan fingerprint density at radius 2 is 0.484 bits per heavy atom. The van der Waals surface area contributed by atoms with Crippen LogP contribution in [0.1, 0.15) is 0 Å². The van der Waals surface area contributed by atoms with Gasteiger partial charge in [0.2, 0.25) is 0 Å². The van der Waals surface area contributed by atoms with Gasteiger partial charge in [-0.05, 0) is 157 Å². The zero-order valence-corrected chi connectivity index (χ0v) is 69.0.